The summed E-state index contributed by atoms with van der Waals surface area (Å²) in [5, 5.41) is 12.4. The molecule has 4 N–H and O–H groups in total. The van der Waals surface area contributed by atoms with Crippen LogP contribution in [0.5, 0.6) is 0 Å². The molecule has 2 unspecified atom stereocenters. The molecule has 1 aliphatic heterocycles. The van der Waals surface area contributed by atoms with Gasteiger partial charge in [-0.05, 0) is 19.4 Å². The molecule has 0 spiro atoms. The zero-order chi connectivity index (χ0) is 8.27. The largest absolute Gasteiger partial charge is 0.392 e. The average Bonchev–Trinajstić information content (AvgIpc) is 2.13. The SMILES string of the molecule is NC(=O)C1CNCCCC1O. The maximum atomic E-state index is 10.7. The molecule has 1 heterocycles. The number of nitrogens with one attached hydrogen (secondary N) is 1. The number of nitrogens with two attached hydrogens (primary N) is 1. The summed E-state index contributed by atoms with van der Waals surface area (Å²) in [7, 11) is 0. The summed E-state index contributed by atoms with van der Waals surface area (Å²) in [5.41, 5.74) is 5.09. The summed E-state index contributed by atoms with van der Waals surface area (Å²) in [5.74, 6) is -0.815. The van der Waals surface area contributed by atoms with Gasteiger partial charge in [-0.25, -0.2) is 0 Å². The predicted octanol–water partition coefficient (Wildman–Crippen LogP) is -1.17. The van der Waals surface area contributed by atoms with E-state index in [0.717, 1.165) is 13.0 Å². The number of hydrogen-bond donors (Lipinski definition) is 3. The van der Waals surface area contributed by atoms with Crippen LogP contribution >= 0.6 is 0 Å². The molecular formula is C7H14N2O2. The van der Waals surface area contributed by atoms with Crippen molar-refractivity contribution in [2.75, 3.05) is 13.1 Å². The van der Waals surface area contributed by atoms with Gasteiger partial charge in [-0.1, -0.05) is 0 Å². The van der Waals surface area contributed by atoms with E-state index in [2.05, 4.69) is 5.32 Å². The van der Waals surface area contributed by atoms with Gasteiger partial charge >= 0.3 is 0 Å². The highest BCUT2D eigenvalue weighted by Gasteiger charge is 2.25. The summed E-state index contributed by atoms with van der Waals surface area (Å²) in [6, 6.07) is 0. The Bertz CT molecular complexity index is 149. The van der Waals surface area contributed by atoms with Gasteiger partial charge in [0.05, 0.1) is 12.0 Å². The van der Waals surface area contributed by atoms with Gasteiger partial charge in [0.25, 0.3) is 0 Å². The number of aliphatic hydroxyl groups excluding tert-OH is 1. The van der Waals surface area contributed by atoms with Crippen LogP contribution in [0.25, 0.3) is 0 Å². The number of carbonyl (C=O) groups is 1. The highest BCUT2D eigenvalue weighted by molar-refractivity contribution is 5.77. The average molecular weight is 158 g/mol. The van der Waals surface area contributed by atoms with Crippen LogP contribution in [-0.4, -0.2) is 30.2 Å². The van der Waals surface area contributed by atoms with E-state index >= 15 is 0 Å². The standard InChI is InChI=1S/C7H14N2O2/c8-7(11)5-4-9-3-1-2-6(5)10/h5-6,9-10H,1-4H2,(H2,8,11). The maximum absolute atomic E-state index is 10.7. The molecule has 1 amide bonds. The van der Waals surface area contributed by atoms with Gasteiger partial charge in [0.1, 0.15) is 0 Å². The Morgan fingerprint density at radius 1 is 1.64 bits per heavy atom. The summed E-state index contributed by atoms with van der Waals surface area (Å²) < 4.78 is 0. The summed E-state index contributed by atoms with van der Waals surface area (Å²) in [6.45, 7) is 1.37. The van der Waals surface area contributed by atoms with E-state index in [1.165, 1.54) is 0 Å². The van der Waals surface area contributed by atoms with Crippen molar-refractivity contribution >= 4 is 5.91 Å². The fraction of sp³-hybridized carbons (Fsp3) is 0.857. The first kappa shape index (κ1) is 8.49. The third-order valence-corrected chi connectivity index (χ3v) is 2.05. The van der Waals surface area contributed by atoms with Crippen molar-refractivity contribution in [3.63, 3.8) is 0 Å². The van der Waals surface area contributed by atoms with Crippen LogP contribution in [0, 0.1) is 5.92 Å². The van der Waals surface area contributed by atoms with Crippen molar-refractivity contribution in [2.24, 2.45) is 11.7 Å². The second-order valence-corrected chi connectivity index (χ2v) is 2.92. The van der Waals surface area contributed by atoms with E-state index in [1.807, 2.05) is 0 Å². The summed E-state index contributed by atoms with van der Waals surface area (Å²) in [6.07, 6.45) is 1.02. The van der Waals surface area contributed by atoms with Crippen LogP contribution in [0.1, 0.15) is 12.8 Å². The monoisotopic (exact) mass is 158 g/mol. The lowest BCUT2D eigenvalue weighted by Gasteiger charge is -2.15. The van der Waals surface area contributed by atoms with E-state index in [9.17, 15) is 9.90 Å². The number of hydrogen-bond acceptors (Lipinski definition) is 3. The Balaban J connectivity index is 2.52. The maximum Gasteiger partial charge on any atom is 0.224 e. The number of carbonyl (C=O) groups excluding carboxylic acids is 1. The Morgan fingerprint density at radius 3 is 3.00 bits per heavy atom. The number of aliphatic hydroxyl groups is 1. The van der Waals surface area contributed by atoms with Crippen molar-refractivity contribution < 1.29 is 9.90 Å². The zero-order valence-corrected chi connectivity index (χ0v) is 6.42. The third kappa shape index (κ3) is 2.17. The highest BCUT2D eigenvalue weighted by Crippen LogP contribution is 2.11. The molecular weight excluding hydrogens is 144 g/mol. The van der Waals surface area contributed by atoms with Gasteiger partial charge in [-0.15, -0.1) is 0 Å². The third-order valence-electron chi connectivity index (χ3n) is 2.05. The van der Waals surface area contributed by atoms with Crippen LogP contribution in [0.3, 0.4) is 0 Å². The molecule has 1 saturated heterocycles. The van der Waals surface area contributed by atoms with Gasteiger partial charge in [-0.3, -0.25) is 4.79 Å². The lowest BCUT2D eigenvalue weighted by Crippen LogP contribution is -2.38. The van der Waals surface area contributed by atoms with Crippen LogP contribution in [-0.2, 0) is 4.79 Å². The number of amides is 1. The lowest BCUT2D eigenvalue weighted by atomic mass is 10.00. The first-order valence-electron chi connectivity index (χ1n) is 3.90. The fourth-order valence-corrected chi connectivity index (χ4v) is 1.32. The molecule has 0 aromatic carbocycles. The molecule has 11 heavy (non-hydrogen) atoms. The molecule has 2 atom stereocenters. The van der Waals surface area contributed by atoms with Crippen molar-refractivity contribution in [2.45, 2.75) is 18.9 Å². The number of rotatable bonds is 1. The molecule has 0 bridgehead atoms. The van der Waals surface area contributed by atoms with Crippen molar-refractivity contribution in [3.8, 4) is 0 Å². The molecule has 4 heteroatoms. The highest BCUT2D eigenvalue weighted by atomic mass is 16.3. The van der Waals surface area contributed by atoms with Gasteiger partial charge < -0.3 is 16.2 Å². The fourth-order valence-electron chi connectivity index (χ4n) is 1.32. The van der Waals surface area contributed by atoms with E-state index in [4.69, 9.17) is 5.73 Å². The Hall–Kier alpha value is -0.610. The lowest BCUT2D eigenvalue weighted by molar-refractivity contribution is -0.124. The van der Waals surface area contributed by atoms with E-state index < -0.39 is 17.9 Å². The normalized spacial score (nSPS) is 32.8. The molecule has 0 saturated carbocycles. The quantitative estimate of drug-likeness (QED) is 0.450. The Morgan fingerprint density at radius 2 is 2.36 bits per heavy atom. The molecule has 0 radical (unpaired) electrons. The smallest absolute Gasteiger partial charge is 0.224 e. The van der Waals surface area contributed by atoms with Gasteiger partial charge in [0, 0.05) is 6.54 Å². The van der Waals surface area contributed by atoms with Crippen molar-refractivity contribution in [1.29, 1.82) is 0 Å². The first-order valence-corrected chi connectivity index (χ1v) is 3.90. The van der Waals surface area contributed by atoms with Gasteiger partial charge in [0.15, 0.2) is 0 Å². The molecule has 1 aliphatic rings. The van der Waals surface area contributed by atoms with Gasteiger partial charge in [0.2, 0.25) is 5.91 Å². The van der Waals surface area contributed by atoms with Crippen LogP contribution in [0.15, 0.2) is 0 Å². The minimum Gasteiger partial charge on any atom is -0.392 e. The zero-order valence-electron chi connectivity index (χ0n) is 6.42. The first-order chi connectivity index (χ1) is 5.22. The van der Waals surface area contributed by atoms with Crippen LogP contribution < -0.4 is 11.1 Å². The van der Waals surface area contributed by atoms with E-state index in [0.29, 0.717) is 13.0 Å². The van der Waals surface area contributed by atoms with E-state index in [-0.39, 0.29) is 0 Å². The molecule has 0 aromatic heterocycles. The molecule has 1 rings (SSSR count). The number of primary amides is 1. The summed E-state index contributed by atoms with van der Waals surface area (Å²) in [4.78, 5) is 10.7. The predicted molar refractivity (Wildman–Crippen MR) is 40.8 cm³/mol. The second kappa shape index (κ2) is 3.69. The van der Waals surface area contributed by atoms with Crippen molar-refractivity contribution in [3.05, 3.63) is 0 Å². The van der Waals surface area contributed by atoms with Crippen LogP contribution in [0.2, 0.25) is 0 Å². The molecule has 64 valence electrons. The second-order valence-electron chi connectivity index (χ2n) is 2.92. The van der Waals surface area contributed by atoms with E-state index in [1.54, 1.807) is 0 Å². The van der Waals surface area contributed by atoms with Crippen molar-refractivity contribution in [1.82, 2.24) is 5.32 Å². The Labute approximate surface area is 65.8 Å². The summed E-state index contributed by atoms with van der Waals surface area (Å²) >= 11 is 0. The van der Waals surface area contributed by atoms with Gasteiger partial charge in [-0.2, -0.15) is 0 Å². The molecule has 0 aromatic rings. The minimum atomic E-state index is -0.553. The van der Waals surface area contributed by atoms with Crippen LogP contribution in [0.4, 0.5) is 0 Å². The topological polar surface area (TPSA) is 75.4 Å². The minimum absolute atomic E-state index is 0.405. The molecule has 1 fully saturated rings. The molecule has 4 nitrogen and oxygen atoms in total. The molecule has 0 aliphatic carbocycles. The Kier molecular flexibility index (Phi) is 2.84.